The van der Waals surface area contributed by atoms with Gasteiger partial charge < -0.3 is 19.4 Å². The van der Waals surface area contributed by atoms with Crippen molar-refractivity contribution in [3.05, 3.63) is 34.9 Å². The molecule has 0 fully saturated rings. The van der Waals surface area contributed by atoms with Crippen molar-refractivity contribution >= 4 is 15.0 Å². The predicted octanol–water partition coefficient (Wildman–Crippen LogP) is 4.79. The molecule has 0 aromatic carbocycles. The molecule has 0 radical (unpaired) electrons. The third kappa shape index (κ3) is 16.7. The van der Waals surface area contributed by atoms with Crippen molar-refractivity contribution in [1.29, 1.82) is 0 Å². The maximum absolute atomic E-state index is 11.6. The monoisotopic (exact) mass is 394 g/mol. The second-order valence-electron chi connectivity index (χ2n) is 6.61. The minimum atomic E-state index is -4.51. The van der Waals surface area contributed by atoms with Crippen molar-refractivity contribution in [3.63, 3.8) is 0 Å². The van der Waals surface area contributed by atoms with Crippen molar-refractivity contribution in [2.24, 2.45) is 0 Å². The minimum Gasteiger partial charge on any atom is -0.367 e. The van der Waals surface area contributed by atoms with Gasteiger partial charge in [0.25, 0.3) is 0 Å². The lowest BCUT2D eigenvalue weighted by molar-refractivity contribution is 0.199. The molecule has 1 atom stereocenters. The third-order valence-electron chi connectivity index (χ3n) is 3.37. The highest BCUT2D eigenvalue weighted by Crippen LogP contribution is 2.54. The van der Waals surface area contributed by atoms with Gasteiger partial charge in [0.15, 0.2) is 0 Å². The van der Waals surface area contributed by atoms with Crippen LogP contribution >= 0.6 is 15.0 Å². The number of hydrogen-bond donors (Lipinski definition) is 3. The highest BCUT2D eigenvalue weighted by Gasteiger charge is 2.29. The lowest BCUT2D eigenvalue weighted by Crippen LogP contribution is -2.00. The molecule has 0 saturated heterocycles. The molecule has 0 saturated carbocycles. The van der Waals surface area contributed by atoms with Crippen molar-refractivity contribution in [2.45, 2.75) is 53.4 Å². The Morgan fingerprint density at radius 2 is 1.40 bits per heavy atom. The second kappa shape index (κ2) is 12.0. The van der Waals surface area contributed by atoms with E-state index in [0.29, 0.717) is 0 Å². The highest BCUT2D eigenvalue weighted by atomic mass is 31.2. The highest BCUT2D eigenvalue weighted by molar-refractivity contribution is 7.72. The SMILES string of the molecule is CC(C)=CCC/C(C)=C\CC/C(C)=C/COCP(=O)(O)CP(=O)(O)O. The molecule has 0 amide bonds. The Kier molecular flexibility index (Phi) is 11.8. The zero-order valence-electron chi connectivity index (χ0n) is 15.6. The molecule has 0 rings (SSSR count). The van der Waals surface area contributed by atoms with E-state index in [-0.39, 0.29) is 6.61 Å². The van der Waals surface area contributed by atoms with E-state index in [2.05, 4.69) is 32.9 Å². The number of ether oxygens (including phenoxy) is 1. The van der Waals surface area contributed by atoms with Crippen molar-refractivity contribution in [2.75, 3.05) is 18.9 Å². The first-order valence-electron chi connectivity index (χ1n) is 8.29. The van der Waals surface area contributed by atoms with Gasteiger partial charge >= 0.3 is 7.60 Å². The van der Waals surface area contributed by atoms with Gasteiger partial charge in [0.05, 0.1) is 6.61 Å². The predicted molar refractivity (Wildman–Crippen MR) is 103 cm³/mol. The van der Waals surface area contributed by atoms with E-state index in [1.54, 1.807) is 0 Å². The van der Waals surface area contributed by atoms with Gasteiger partial charge in [0.1, 0.15) is 12.3 Å². The van der Waals surface area contributed by atoms with E-state index in [1.807, 2.05) is 13.0 Å². The van der Waals surface area contributed by atoms with Crippen molar-refractivity contribution < 1.29 is 28.5 Å². The molecular formula is C17H32O6P2. The maximum atomic E-state index is 11.6. The van der Waals surface area contributed by atoms with E-state index in [1.165, 1.54) is 11.1 Å². The Balaban J connectivity index is 4.08. The Morgan fingerprint density at radius 3 is 1.92 bits per heavy atom. The summed E-state index contributed by atoms with van der Waals surface area (Å²) in [5.74, 6) is -1.04. The molecule has 0 aliphatic carbocycles. The molecule has 0 bridgehead atoms. The van der Waals surface area contributed by atoms with Gasteiger partial charge in [-0.05, 0) is 53.4 Å². The second-order valence-corrected chi connectivity index (χ2v) is 11.0. The van der Waals surface area contributed by atoms with E-state index >= 15 is 0 Å². The van der Waals surface area contributed by atoms with E-state index in [4.69, 9.17) is 14.5 Å². The van der Waals surface area contributed by atoms with Crippen LogP contribution in [0.25, 0.3) is 0 Å². The zero-order chi connectivity index (χ0) is 19.5. The van der Waals surface area contributed by atoms with E-state index < -0.39 is 27.2 Å². The first-order valence-corrected chi connectivity index (χ1v) is 12.1. The topological polar surface area (TPSA) is 104 Å². The van der Waals surface area contributed by atoms with E-state index in [0.717, 1.165) is 31.3 Å². The van der Waals surface area contributed by atoms with Gasteiger partial charge in [-0.3, -0.25) is 9.13 Å². The molecule has 1 unspecified atom stereocenters. The number of allylic oxidation sites excluding steroid dienone is 5. The van der Waals surface area contributed by atoms with Crippen LogP contribution in [-0.2, 0) is 13.9 Å². The molecule has 0 spiro atoms. The van der Waals surface area contributed by atoms with Gasteiger partial charge in [-0.2, -0.15) is 0 Å². The van der Waals surface area contributed by atoms with Gasteiger partial charge in [-0.25, -0.2) is 0 Å². The molecular weight excluding hydrogens is 362 g/mol. The molecule has 146 valence electrons. The fourth-order valence-electron chi connectivity index (χ4n) is 2.06. The smallest absolute Gasteiger partial charge is 0.335 e. The van der Waals surface area contributed by atoms with Gasteiger partial charge in [0, 0.05) is 0 Å². The molecule has 6 nitrogen and oxygen atoms in total. The van der Waals surface area contributed by atoms with Gasteiger partial charge in [-0.15, -0.1) is 0 Å². The first-order chi connectivity index (χ1) is 11.4. The largest absolute Gasteiger partial charge is 0.367 e. The van der Waals surface area contributed by atoms with Crippen LogP contribution in [0.15, 0.2) is 34.9 Å². The Bertz CT molecular complexity index is 582. The van der Waals surface area contributed by atoms with Crippen molar-refractivity contribution in [3.8, 4) is 0 Å². The molecule has 0 aliphatic rings. The van der Waals surface area contributed by atoms with E-state index in [9.17, 15) is 14.0 Å². The minimum absolute atomic E-state index is 0.154. The molecule has 0 aliphatic heterocycles. The Morgan fingerprint density at radius 1 is 0.880 bits per heavy atom. The number of hydrogen-bond acceptors (Lipinski definition) is 3. The molecule has 0 aromatic heterocycles. The van der Waals surface area contributed by atoms with Crippen LogP contribution in [0.1, 0.15) is 53.4 Å². The molecule has 0 aromatic rings. The van der Waals surface area contributed by atoms with Gasteiger partial charge in [-0.1, -0.05) is 34.9 Å². The van der Waals surface area contributed by atoms with Crippen LogP contribution in [-0.4, -0.2) is 33.5 Å². The Labute approximate surface area is 151 Å². The fourth-order valence-corrected chi connectivity index (χ4v) is 5.08. The van der Waals surface area contributed by atoms with Crippen LogP contribution < -0.4 is 0 Å². The fraction of sp³-hybridized carbons (Fsp3) is 0.647. The summed E-state index contributed by atoms with van der Waals surface area (Å²) in [5.41, 5.74) is 3.80. The zero-order valence-corrected chi connectivity index (χ0v) is 17.4. The Hall–Kier alpha value is -0.480. The summed E-state index contributed by atoms with van der Waals surface area (Å²) in [5, 5.41) is 0. The maximum Gasteiger partial charge on any atom is 0.335 e. The first kappa shape index (κ1) is 24.5. The standard InChI is InChI=1S/C17H32O6P2/c1-15(2)7-5-8-16(3)9-6-10-17(4)11-12-23-13-24(18,19)14-25(20,21)22/h7,9,11H,5-6,8,10,12-14H2,1-4H3,(H,18,19)(H2,20,21,22)/b16-9-,17-11+. The summed E-state index contributed by atoms with van der Waals surface area (Å²) in [6.45, 7) is 8.43. The molecule has 8 heteroatoms. The lowest BCUT2D eigenvalue weighted by atomic mass is 10.1. The summed E-state index contributed by atoms with van der Waals surface area (Å²) in [4.78, 5) is 26.9. The molecule has 0 heterocycles. The molecule has 3 N–H and O–H groups in total. The average Bonchev–Trinajstić information content (AvgIpc) is 2.40. The summed E-state index contributed by atoms with van der Waals surface area (Å²) in [6.07, 6.45) is 9.65. The number of rotatable bonds is 12. The van der Waals surface area contributed by atoms with Crippen LogP contribution in [0.2, 0.25) is 0 Å². The van der Waals surface area contributed by atoms with Gasteiger partial charge in [0.2, 0.25) is 7.37 Å². The third-order valence-corrected chi connectivity index (χ3v) is 7.20. The summed E-state index contributed by atoms with van der Waals surface area (Å²) in [6, 6.07) is 0. The quantitative estimate of drug-likeness (QED) is 0.250. The van der Waals surface area contributed by atoms with Crippen LogP contribution in [0.4, 0.5) is 0 Å². The summed E-state index contributed by atoms with van der Waals surface area (Å²) in [7, 11) is -8.47. The van der Waals surface area contributed by atoms with Crippen molar-refractivity contribution in [1.82, 2.24) is 0 Å². The van der Waals surface area contributed by atoms with Crippen LogP contribution in [0, 0.1) is 0 Å². The summed E-state index contributed by atoms with van der Waals surface area (Å²) < 4.78 is 27.4. The summed E-state index contributed by atoms with van der Waals surface area (Å²) >= 11 is 0. The van der Waals surface area contributed by atoms with Crippen LogP contribution in [0.3, 0.4) is 0 Å². The molecule has 25 heavy (non-hydrogen) atoms. The lowest BCUT2D eigenvalue weighted by Gasteiger charge is -2.12. The normalized spacial score (nSPS) is 15.8. The average molecular weight is 394 g/mol. The van der Waals surface area contributed by atoms with Crippen LogP contribution in [0.5, 0.6) is 0 Å².